The topological polar surface area (TPSA) is 68.0 Å². The molecule has 3 aromatic rings. The monoisotopic (exact) mass is 305 g/mol. The van der Waals surface area contributed by atoms with Gasteiger partial charge in [0.2, 0.25) is 5.13 Å². The second kappa shape index (κ2) is 5.25. The number of carbonyl (C=O) groups excluding carboxylic acids is 1. The van der Waals surface area contributed by atoms with Gasteiger partial charge in [-0.1, -0.05) is 18.3 Å². The summed E-state index contributed by atoms with van der Waals surface area (Å²) in [5, 5.41) is 12.3. The van der Waals surface area contributed by atoms with Crippen LogP contribution in [0.15, 0.2) is 22.6 Å². The molecule has 0 radical (unpaired) electrons. The molecule has 108 valence electrons. The van der Waals surface area contributed by atoms with Gasteiger partial charge in [0.1, 0.15) is 16.4 Å². The molecule has 2 heterocycles. The van der Waals surface area contributed by atoms with Crippen LogP contribution < -0.4 is 5.32 Å². The fourth-order valence-corrected chi connectivity index (χ4v) is 2.69. The normalized spacial score (nSPS) is 11.0. The molecule has 0 aliphatic carbocycles. The van der Waals surface area contributed by atoms with Gasteiger partial charge in [0.25, 0.3) is 5.91 Å². The van der Waals surface area contributed by atoms with E-state index in [9.17, 15) is 9.18 Å². The number of halogens is 1. The number of carbonyl (C=O) groups is 1. The number of anilines is 1. The zero-order valence-electron chi connectivity index (χ0n) is 11.4. The summed E-state index contributed by atoms with van der Waals surface area (Å²) in [6, 6.07) is 4.16. The number of nitrogens with zero attached hydrogens (tertiary/aromatic N) is 2. The number of fused-ring (bicyclic) bond motifs is 1. The van der Waals surface area contributed by atoms with E-state index in [2.05, 4.69) is 15.5 Å². The Morgan fingerprint density at radius 1 is 1.43 bits per heavy atom. The summed E-state index contributed by atoms with van der Waals surface area (Å²) in [6.07, 6.45) is 0.760. The molecule has 3 rings (SSSR count). The van der Waals surface area contributed by atoms with Gasteiger partial charge in [-0.25, -0.2) is 4.39 Å². The van der Waals surface area contributed by atoms with Gasteiger partial charge in [-0.05, 0) is 31.5 Å². The molecule has 21 heavy (non-hydrogen) atoms. The molecule has 1 N–H and O–H groups in total. The third-order valence-electron chi connectivity index (χ3n) is 3.09. The molecule has 0 spiro atoms. The first-order valence-electron chi connectivity index (χ1n) is 6.41. The van der Waals surface area contributed by atoms with Crippen LogP contribution in [0, 0.1) is 12.7 Å². The largest absolute Gasteiger partial charge is 0.451 e. The maximum absolute atomic E-state index is 13.3. The lowest BCUT2D eigenvalue weighted by molar-refractivity contribution is 0.0998. The third-order valence-corrected chi connectivity index (χ3v) is 4.08. The van der Waals surface area contributed by atoms with Gasteiger partial charge in [0.15, 0.2) is 5.76 Å². The van der Waals surface area contributed by atoms with Gasteiger partial charge in [0, 0.05) is 10.9 Å². The van der Waals surface area contributed by atoms with Crippen molar-refractivity contribution >= 4 is 33.3 Å². The molecule has 0 atom stereocenters. The molecule has 0 fully saturated rings. The molecular formula is C14H12FN3O2S. The second-order valence-corrected chi connectivity index (χ2v) is 5.57. The molecule has 1 aromatic carbocycles. The van der Waals surface area contributed by atoms with Gasteiger partial charge >= 0.3 is 0 Å². The zero-order chi connectivity index (χ0) is 15.0. The molecule has 0 unspecified atom stereocenters. The Morgan fingerprint density at radius 3 is 2.95 bits per heavy atom. The molecule has 2 aromatic heterocycles. The minimum absolute atomic E-state index is 0.156. The van der Waals surface area contributed by atoms with E-state index in [4.69, 9.17) is 4.42 Å². The van der Waals surface area contributed by atoms with Gasteiger partial charge in [0.05, 0.1) is 0 Å². The Balaban J connectivity index is 1.92. The molecule has 7 heteroatoms. The average molecular weight is 305 g/mol. The molecular weight excluding hydrogens is 293 g/mol. The number of nitrogens with one attached hydrogen (secondary N) is 1. The quantitative estimate of drug-likeness (QED) is 0.803. The summed E-state index contributed by atoms with van der Waals surface area (Å²) in [5.41, 5.74) is 1.08. The highest BCUT2D eigenvalue weighted by atomic mass is 32.1. The maximum atomic E-state index is 13.3. The van der Waals surface area contributed by atoms with Crippen molar-refractivity contribution in [3.05, 3.63) is 40.3 Å². The lowest BCUT2D eigenvalue weighted by Crippen LogP contribution is -2.11. The van der Waals surface area contributed by atoms with Crippen molar-refractivity contribution in [3.63, 3.8) is 0 Å². The first kappa shape index (κ1) is 13.7. The van der Waals surface area contributed by atoms with Crippen molar-refractivity contribution in [2.75, 3.05) is 5.32 Å². The summed E-state index contributed by atoms with van der Waals surface area (Å²) in [5.74, 6) is -0.623. The fraction of sp³-hybridized carbons (Fsp3) is 0.214. The molecule has 0 saturated carbocycles. The number of furan rings is 1. The van der Waals surface area contributed by atoms with Crippen LogP contribution in [0.1, 0.15) is 28.0 Å². The Labute approximate surface area is 123 Å². The van der Waals surface area contributed by atoms with Crippen LogP contribution >= 0.6 is 11.3 Å². The number of hydrogen-bond acceptors (Lipinski definition) is 5. The number of aromatic nitrogens is 2. The van der Waals surface area contributed by atoms with Gasteiger partial charge in [-0.3, -0.25) is 10.1 Å². The number of hydrogen-bond donors (Lipinski definition) is 1. The highest BCUT2D eigenvalue weighted by Crippen LogP contribution is 2.27. The van der Waals surface area contributed by atoms with Crippen molar-refractivity contribution in [1.82, 2.24) is 10.2 Å². The smallest absolute Gasteiger partial charge is 0.293 e. The van der Waals surface area contributed by atoms with Crippen molar-refractivity contribution < 1.29 is 13.6 Å². The van der Waals surface area contributed by atoms with Crippen LogP contribution in [0.3, 0.4) is 0 Å². The standard InChI is InChI=1S/C14H12FN3O2S/c1-3-11-17-18-14(21-11)16-13(19)12-7(2)9-6-8(15)4-5-10(9)20-12/h4-6H,3H2,1-2H3,(H,16,18,19). The van der Waals surface area contributed by atoms with E-state index in [0.717, 1.165) is 11.4 Å². The molecule has 1 amide bonds. The summed E-state index contributed by atoms with van der Waals surface area (Å²) >= 11 is 1.32. The second-order valence-electron chi connectivity index (χ2n) is 4.51. The van der Waals surface area contributed by atoms with Crippen molar-refractivity contribution in [2.45, 2.75) is 20.3 Å². The maximum Gasteiger partial charge on any atom is 0.293 e. The van der Waals surface area contributed by atoms with E-state index in [1.807, 2.05) is 6.92 Å². The first-order valence-corrected chi connectivity index (χ1v) is 7.22. The number of benzene rings is 1. The minimum atomic E-state index is -0.414. The Hall–Kier alpha value is -2.28. The van der Waals surface area contributed by atoms with Crippen LogP contribution in [0.4, 0.5) is 9.52 Å². The van der Waals surface area contributed by atoms with Crippen LogP contribution in [-0.4, -0.2) is 16.1 Å². The Kier molecular flexibility index (Phi) is 3.42. The fourth-order valence-electron chi connectivity index (χ4n) is 2.01. The number of rotatable bonds is 3. The van der Waals surface area contributed by atoms with E-state index in [0.29, 0.717) is 21.7 Å². The summed E-state index contributed by atoms with van der Waals surface area (Å²) in [4.78, 5) is 12.2. The SMILES string of the molecule is CCc1nnc(NC(=O)c2oc3ccc(F)cc3c2C)s1. The van der Waals surface area contributed by atoms with Crippen molar-refractivity contribution in [2.24, 2.45) is 0 Å². The van der Waals surface area contributed by atoms with Crippen LogP contribution in [0.25, 0.3) is 11.0 Å². The molecule has 0 aliphatic rings. The Morgan fingerprint density at radius 2 is 2.24 bits per heavy atom. The predicted molar refractivity (Wildman–Crippen MR) is 78.1 cm³/mol. The van der Waals surface area contributed by atoms with Crippen molar-refractivity contribution in [3.8, 4) is 0 Å². The molecule has 0 bridgehead atoms. The highest BCUT2D eigenvalue weighted by molar-refractivity contribution is 7.15. The van der Waals surface area contributed by atoms with Gasteiger partial charge in [-0.2, -0.15) is 0 Å². The zero-order valence-corrected chi connectivity index (χ0v) is 12.3. The lowest BCUT2D eigenvalue weighted by Gasteiger charge is -1.98. The molecule has 0 saturated heterocycles. The van der Waals surface area contributed by atoms with Gasteiger partial charge < -0.3 is 4.42 Å². The van der Waals surface area contributed by atoms with Crippen LogP contribution in [0.2, 0.25) is 0 Å². The van der Waals surface area contributed by atoms with Gasteiger partial charge in [-0.15, -0.1) is 10.2 Å². The third kappa shape index (κ3) is 2.52. The molecule has 0 aliphatic heterocycles. The first-order chi connectivity index (χ1) is 10.1. The van der Waals surface area contributed by atoms with E-state index >= 15 is 0 Å². The number of amides is 1. The number of aryl methyl sites for hydroxylation is 2. The van der Waals surface area contributed by atoms with E-state index < -0.39 is 5.91 Å². The highest BCUT2D eigenvalue weighted by Gasteiger charge is 2.19. The van der Waals surface area contributed by atoms with Crippen LogP contribution in [0.5, 0.6) is 0 Å². The molecule has 5 nitrogen and oxygen atoms in total. The van der Waals surface area contributed by atoms with Crippen molar-refractivity contribution in [1.29, 1.82) is 0 Å². The van der Waals surface area contributed by atoms with E-state index in [1.54, 1.807) is 6.92 Å². The summed E-state index contributed by atoms with van der Waals surface area (Å²) in [7, 11) is 0. The van der Waals surface area contributed by atoms with E-state index in [1.165, 1.54) is 29.5 Å². The van der Waals surface area contributed by atoms with E-state index in [-0.39, 0.29) is 11.6 Å². The summed E-state index contributed by atoms with van der Waals surface area (Å²) in [6.45, 7) is 3.68. The van der Waals surface area contributed by atoms with Crippen LogP contribution in [-0.2, 0) is 6.42 Å². The summed E-state index contributed by atoms with van der Waals surface area (Å²) < 4.78 is 18.8. The minimum Gasteiger partial charge on any atom is -0.451 e. The Bertz CT molecular complexity index is 825. The predicted octanol–water partition coefficient (Wildman–Crippen LogP) is 3.55. The average Bonchev–Trinajstić information content (AvgIpc) is 3.04. The lowest BCUT2D eigenvalue weighted by atomic mass is 10.1.